The monoisotopic (exact) mass is 251 g/mol. The quantitative estimate of drug-likeness (QED) is 0.822. The van der Waals surface area contributed by atoms with Crippen molar-refractivity contribution < 1.29 is 22.0 Å². The van der Waals surface area contributed by atoms with Gasteiger partial charge in [0.15, 0.2) is 0 Å². The van der Waals surface area contributed by atoms with Crippen LogP contribution in [0.2, 0.25) is 0 Å². The molecule has 0 fully saturated rings. The molecule has 92 valence electrons. The summed E-state index contributed by atoms with van der Waals surface area (Å²) < 4.78 is 62.0. The van der Waals surface area contributed by atoms with E-state index in [-0.39, 0.29) is 6.07 Å². The average Bonchev–Trinajstić information content (AvgIpc) is 2.19. The maximum Gasteiger partial charge on any atom is 0.433 e. The van der Waals surface area contributed by atoms with Crippen molar-refractivity contribution in [3.63, 3.8) is 0 Å². The summed E-state index contributed by atoms with van der Waals surface area (Å²) in [5, 5.41) is 8.35. The largest absolute Gasteiger partial charge is 0.433 e. The van der Waals surface area contributed by atoms with Gasteiger partial charge in [0.2, 0.25) is 0 Å². The molecule has 1 aromatic heterocycles. The Kier molecular flexibility index (Phi) is 3.50. The first-order valence-electron chi connectivity index (χ1n) is 4.29. The fourth-order valence-electron chi connectivity index (χ4n) is 1.16. The molecule has 17 heavy (non-hydrogen) atoms. The van der Waals surface area contributed by atoms with Crippen molar-refractivity contribution in [3.8, 4) is 6.07 Å². The molecule has 0 aliphatic carbocycles. The summed E-state index contributed by atoms with van der Waals surface area (Å²) in [5.41, 5.74) is 1.72. The van der Waals surface area contributed by atoms with Crippen LogP contribution >= 0.6 is 0 Å². The van der Waals surface area contributed by atoms with Crippen molar-refractivity contribution in [1.29, 1.82) is 5.26 Å². The zero-order valence-corrected chi connectivity index (χ0v) is 8.22. The molecular weight excluding hydrogens is 245 g/mol. The molecule has 0 unspecified atom stereocenters. The molecule has 0 saturated carbocycles. The first kappa shape index (κ1) is 13.2. The maximum atomic E-state index is 12.5. The highest BCUT2D eigenvalue weighted by Crippen LogP contribution is 2.34. The van der Waals surface area contributed by atoms with Crippen molar-refractivity contribution in [2.24, 2.45) is 0 Å². The summed E-state index contributed by atoms with van der Waals surface area (Å²) >= 11 is 0. The Morgan fingerprint density at radius 3 is 2.41 bits per heavy atom. The summed E-state index contributed by atoms with van der Waals surface area (Å²) in [6.45, 7) is 0. The van der Waals surface area contributed by atoms with E-state index in [1.807, 2.05) is 0 Å². The van der Waals surface area contributed by atoms with Crippen LogP contribution in [0.15, 0.2) is 6.07 Å². The number of pyridine rings is 1. The van der Waals surface area contributed by atoms with Crippen LogP contribution in [-0.4, -0.2) is 4.98 Å². The molecule has 0 atom stereocenters. The molecule has 1 rings (SSSR count). The maximum absolute atomic E-state index is 12.5. The highest BCUT2D eigenvalue weighted by atomic mass is 19.4. The molecule has 0 saturated heterocycles. The van der Waals surface area contributed by atoms with Gasteiger partial charge < -0.3 is 5.73 Å². The van der Waals surface area contributed by atoms with E-state index in [4.69, 9.17) is 11.0 Å². The Hall–Kier alpha value is -1.91. The molecule has 0 aliphatic heterocycles. The number of alkyl halides is 5. The summed E-state index contributed by atoms with van der Waals surface area (Å²) in [7, 11) is 0. The SMILES string of the molecule is N#CCc1nc(C(F)(F)F)cc(C(F)F)c1N. The van der Waals surface area contributed by atoms with E-state index in [1.54, 1.807) is 0 Å². The van der Waals surface area contributed by atoms with Crippen molar-refractivity contribution >= 4 is 5.69 Å². The van der Waals surface area contributed by atoms with Gasteiger partial charge in [0.05, 0.1) is 23.9 Å². The number of rotatable bonds is 2. The average molecular weight is 251 g/mol. The highest BCUT2D eigenvalue weighted by molar-refractivity contribution is 5.53. The molecule has 0 aliphatic rings. The second-order valence-electron chi connectivity index (χ2n) is 3.09. The van der Waals surface area contributed by atoms with E-state index in [9.17, 15) is 22.0 Å². The first-order chi connectivity index (χ1) is 7.77. The van der Waals surface area contributed by atoms with E-state index < -0.39 is 41.7 Å². The van der Waals surface area contributed by atoms with E-state index in [1.165, 1.54) is 6.07 Å². The lowest BCUT2D eigenvalue weighted by atomic mass is 10.1. The third-order valence-electron chi connectivity index (χ3n) is 1.94. The lowest BCUT2D eigenvalue weighted by Crippen LogP contribution is -2.13. The van der Waals surface area contributed by atoms with Crippen LogP contribution in [0.25, 0.3) is 0 Å². The van der Waals surface area contributed by atoms with Crippen LogP contribution in [0, 0.1) is 11.3 Å². The number of halogens is 5. The summed E-state index contributed by atoms with van der Waals surface area (Å²) in [5.74, 6) is 0. The summed E-state index contributed by atoms with van der Waals surface area (Å²) in [6, 6.07) is 1.71. The molecule has 8 heteroatoms. The minimum Gasteiger partial charge on any atom is -0.397 e. The van der Waals surface area contributed by atoms with Crippen molar-refractivity contribution in [2.45, 2.75) is 19.0 Å². The van der Waals surface area contributed by atoms with E-state index in [0.717, 1.165) is 0 Å². The number of nitrogens with two attached hydrogens (primary N) is 1. The molecule has 3 nitrogen and oxygen atoms in total. The van der Waals surface area contributed by atoms with Gasteiger partial charge in [-0.3, -0.25) is 0 Å². The molecule has 0 amide bonds. The number of nitrogens with zero attached hydrogens (tertiary/aromatic N) is 2. The molecule has 0 spiro atoms. The zero-order chi connectivity index (χ0) is 13.2. The third kappa shape index (κ3) is 2.81. The van der Waals surface area contributed by atoms with Crippen LogP contribution in [0.4, 0.5) is 27.6 Å². The Balaban J connectivity index is 3.43. The third-order valence-corrected chi connectivity index (χ3v) is 1.94. The van der Waals surface area contributed by atoms with Gasteiger partial charge >= 0.3 is 6.18 Å². The van der Waals surface area contributed by atoms with Crippen molar-refractivity contribution in [1.82, 2.24) is 4.98 Å². The van der Waals surface area contributed by atoms with E-state index in [0.29, 0.717) is 0 Å². The fraction of sp³-hybridized carbons (Fsp3) is 0.333. The molecule has 0 aromatic carbocycles. The van der Waals surface area contributed by atoms with Crippen molar-refractivity contribution in [3.05, 3.63) is 23.0 Å². The Labute approximate surface area is 92.7 Å². The van der Waals surface area contributed by atoms with Crippen LogP contribution < -0.4 is 5.73 Å². The second kappa shape index (κ2) is 4.53. The summed E-state index contributed by atoms with van der Waals surface area (Å²) in [6.07, 6.45) is -8.58. The zero-order valence-electron chi connectivity index (χ0n) is 8.22. The minimum absolute atomic E-state index is 0.195. The molecule has 2 N–H and O–H groups in total. The Morgan fingerprint density at radius 1 is 1.41 bits per heavy atom. The van der Waals surface area contributed by atoms with Crippen LogP contribution in [-0.2, 0) is 12.6 Å². The van der Waals surface area contributed by atoms with Crippen LogP contribution in [0.1, 0.15) is 23.4 Å². The first-order valence-corrected chi connectivity index (χ1v) is 4.29. The normalized spacial score (nSPS) is 11.6. The van der Waals surface area contributed by atoms with Gasteiger partial charge in [-0.1, -0.05) is 0 Å². The van der Waals surface area contributed by atoms with Gasteiger partial charge in [0.1, 0.15) is 5.69 Å². The van der Waals surface area contributed by atoms with E-state index >= 15 is 0 Å². The summed E-state index contributed by atoms with van der Waals surface area (Å²) in [4.78, 5) is 3.07. The predicted molar refractivity (Wildman–Crippen MR) is 47.9 cm³/mol. The van der Waals surface area contributed by atoms with Gasteiger partial charge in [-0.15, -0.1) is 0 Å². The number of hydrogen-bond acceptors (Lipinski definition) is 3. The fourth-order valence-corrected chi connectivity index (χ4v) is 1.16. The number of aromatic nitrogens is 1. The molecule has 1 heterocycles. The van der Waals surface area contributed by atoms with Gasteiger partial charge in [0.25, 0.3) is 6.43 Å². The van der Waals surface area contributed by atoms with Gasteiger partial charge in [-0.05, 0) is 6.07 Å². The lowest BCUT2D eigenvalue weighted by Gasteiger charge is -2.12. The topological polar surface area (TPSA) is 62.7 Å². The van der Waals surface area contributed by atoms with Gasteiger partial charge in [-0.2, -0.15) is 18.4 Å². The predicted octanol–water partition coefficient (Wildman–Crippen LogP) is 2.69. The second-order valence-corrected chi connectivity index (χ2v) is 3.09. The van der Waals surface area contributed by atoms with Gasteiger partial charge in [0, 0.05) is 5.56 Å². The highest BCUT2D eigenvalue weighted by Gasteiger charge is 2.34. The smallest absolute Gasteiger partial charge is 0.397 e. The van der Waals surface area contributed by atoms with Crippen molar-refractivity contribution in [2.75, 3.05) is 5.73 Å². The lowest BCUT2D eigenvalue weighted by molar-refractivity contribution is -0.141. The molecular formula is C9H6F5N3. The molecule has 1 aromatic rings. The standard InChI is InChI=1S/C9H6F5N3/c10-8(11)4-3-6(9(12,13)14)17-5(1-2-15)7(4)16/h3,8H,1,16H2. The Morgan fingerprint density at radius 2 is 2.00 bits per heavy atom. The molecule has 0 bridgehead atoms. The number of hydrogen-bond donors (Lipinski definition) is 1. The number of anilines is 1. The van der Waals surface area contributed by atoms with E-state index in [2.05, 4.69) is 4.98 Å². The van der Waals surface area contributed by atoms with Crippen LogP contribution in [0.3, 0.4) is 0 Å². The molecule has 0 radical (unpaired) electrons. The Bertz CT molecular complexity index is 461. The number of nitrogen functional groups attached to an aromatic ring is 1. The minimum atomic E-state index is -4.86. The van der Waals surface area contributed by atoms with Crippen LogP contribution in [0.5, 0.6) is 0 Å². The number of nitriles is 1. The van der Waals surface area contributed by atoms with Gasteiger partial charge in [-0.25, -0.2) is 13.8 Å².